The molecule has 0 spiro atoms. The lowest BCUT2D eigenvalue weighted by Gasteiger charge is -2.24. The molecule has 0 unspecified atom stereocenters. The zero-order valence-electron chi connectivity index (χ0n) is 16.3. The van der Waals surface area contributed by atoms with Gasteiger partial charge in [-0.2, -0.15) is 5.10 Å². The molecule has 8 heteroatoms. The van der Waals surface area contributed by atoms with Gasteiger partial charge in [0.1, 0.15) is 0 Å². The number of carbonyl (C=O) groups is 1. The number of aryl methyl sites for hydroxylation is 3. The number of guanidine groups is 1. The van der Waals surface area contributed by atoms with E-state index in [4.69, 9.17) is 0 Å². The summed E-state index contributed by atoms with van der Waals surface area (Å²) in [4.78, 5) is 16.2. The van der Waals surface area contributed by atoms with Gasteiger partial charge in [0.15, 0.2) is 5.96 Å². The summed E-state index contributed by atoms with van der Waals surface area (Å²) in [6.45, 7) is 12.7. The van der Waals surface area contributed by atoms with Gasteiger partial charge < -0.3 is 16.0 Å². The third-order valence-electron chi connectivity index (χ3n) is 3.82. The highest BCUT2D eigenvalue weighted by molar-refractivity contribution is 14.0. The number of carbonyl (C=O) groups excluding carboxylic acids is 1. The van der Waals surface area contributed by atoms with Crippen molar-refractivity contribution in [1.29, 1.82) is 0 Å². The molecule has 0 aliphatic carbocycles. The fourth-order valence-corrected chi connectivity index (χ4v) is 2.34. The van der Waals surface area contributed by atoms with Crippen LogP contribution in [0.3, 0.4) is 0 Å². The van der Waals surface area contributed by atoms with Crippen LogP contribution < -0.4 is 16.0 Å². The molecule has 1 aromatic heterocycles. The molecule has 3 N–H and O–H groups in total. The highest BCUT2D eigenvalue weighted by Crippen LogP contribution is 2.13. The summed E-state index contributed by atoms with van der Waals surface area (Å²) < 4.78 is 2.02. The fourth-order valence-electron chi connectivity index (χ4n) is 2.34. The van der Waals surface area contributed by atoms with E-state index in [2.05, 4.69) is 39.0 Å². The SMILES string of the molecule is CCNC(=O)C(C)(C)CNC(=NC)NCCCn1nc(C)cc1C.I. The maximum Gasteiger partial charge on any atom is 0.227 e. The second kappa shape index (κ2) is 11.3. The molecule has 1 heterocycles. The molecule has 0 atom stereocenters. The number of rotatable bonds is 8. The van der Waals surface area contributed by atoms with Crippen molar-refractivity contribution < 1.29 is 4.79 Å². The number of amides is 1. The monoisotopic (exact) mass is 464 g/mol. The van der Waals surface area contributed by atoms with Crippen molar-refractivity contribution in [3.8, 4) is 0 Å². The Balaban J connectivity index is 0.00000576. The molecular formula is C17H33IN6O. The van der Waals surface area contributed by atoms with Crippen LogP contribution in [-0.4, -0.2) is 48.3 Å². The number of hydrogen-bond acceptors (Lipinski definition) is 3. The molecule has 0 bridgehead atoms. The number of aliphatic imine (C=N–C) groups is 1. The van der Waals surface area contributed by atoms with E-state index in [1.54, 1.807) is 7.05 Å². The lowest BCUT2D eigenvalue weighted by Crippen LogP contribution is -2.48. The molecule has 0 aromatic carbocycles. The first-order chi connectivity index (χ1) is 11.3. The highest BCUT2D eigenvalue weighted by atomic mass is 127. The number of halogens is 1. The molecule has 1 rings (SSSR count). The van der Waals surface area contributed by atoms with Crippen LogP contribution in [0.1, 0.15) is 38.6 Å². The van der Waals surface area contributed by atoms with Crippen molar-refractivity contribution in [2.24, 2.45) is 10.4 Å². The van der Waals surface area contributed by atoms with Gasteiger partial charge in [-0.25, -0.2) is 0 Å². The molecule has 0 radical (unpaired) electrons. The normalized spacial score (nSPS) is 11.7. The van der Waals surface area contributed by atoms with Gasteiger partial charge in [0.25, 0.3) is 0 Å². The number of hydrogen-bond donors (Lipinski definition) is 3. The van der Waals surface area contributed by atoms with Crippen molar-refractivity contribution in [2.45, 2.75) is 47.6 Å². The van der Waals surface area contributed by atoms with E-state index in [-0.39, 0.29) is 29.9 Å². The molecule has 7 nitrogen and oxygen atoms in total. The third-order valence-corrected chi connectivity index (χ3v) is 3.82. The van der Waals surface area contributed by atoms with Crippen molar-refractivity contribution in [1.82, 2.24) is 25.7 Å². The summed E-state index contributed by atoms with van der Waals surface area (Å²) in [6, 6.07) is 2.08. The van der Waals surface area contributed by atoms with Crippen LogP contribution in [0.25, 0.3) is 0 Å². The number of nitrogens with zero attached hydrogens (tertiary/aromatic N) is 3. The minimum absolute atomic E-state index is 0. The lowest BCUT2D eigenvalue weighted by atomic mass is 9.92. The van der Waals surface area contributed by atoms with E-state index < -0.39 is 5.41 Å². The van der Waals surface area contributed by atoms with Gasteiger partial charge in [0, 0.05) is 38.9 Å². The molecule has 1 amide bonds. The second-order valence-corrected chi connectivity index (χ2v) is 6.60. The number of nitrogens with one attached hydrogen (secondary N) is 3. The molecule has 0 saturated heterocycles. The van der Waals surface area contributed by atoms with Crippen LogP contribution >= 0.6 is 24.0 Å². The Morgan fingerprint density at radius 2 is 1.96 bits per heavy atom. The van der Waals surface area contributed by atoms with Gasteiger partial charge in [-0.05, 0) is 47.1 Å². The van der Waals surface area contributed by atoms with Gasteiger partial charge in [0.2, 0.25) is 5.91 Å². The van der Waals surface area contributed by atoms with Crippen LogP contribution in [0.5, 0.6) is 0 Å². The smallest absolute Gasteiger partial charge is 0.227 e. The first-order valence-corrected chi connectivity index (χ1v) is 8.54. The maximum atomic E-state index is 12.0. The van der Waals surface area contributed by atoms with E-state index in [0.29, 0.717) is 19.0 Å². The average molecular weight is 464 g/mol. The molecule has 0 aliphatic heterocycles. The summed E-state index contributed by atoms with van der Waals surface area (Å²) in [7, 11) is 1.73. The van der Waals surface area contributed by atoms with Crippen LogP contribution in [-0.2, 0) is 11.3 Å². The summed E-state index contributed by atoms with van der Waals surface area (Å²) in [5, 5.41) is 13.8. The molecule has 0 aliphatic rings. The minimum Gasteiger partial charge on any atom is -0.356 e. The minimum atomic E-state index is -0.489. The Morgan fingerprint density at radius 1 is 1.28 bits per heavy atom. The second-order valence-electron chi connectivity index (χ2n) is 6.60. The summed E-state index contributed by atoms with van der Waals surface area (Å²) in [5.41, 5.74) is 1.74. The van der Waals surface area contributed by atoms with Gasteiger partial charge in [-0.15, -0.1) is 24.0 Å². The fraction of sp³-hybridized carbons (Fsp3) is 0.706. The molecule has 25 heavy (non-hydrogen) atoms. The Morgan fingerprint density at radius 3 is 2.48 bits per heavy atom. The predicted molar refractivity (Wildman–Crippen MR) is 114 cm³/mol. The topological polar surface area (TPSA) is 83.3 Å². The van der Waals surface area contributed by atoms with Crippen molar-refractivity contribution in [3.63, 3.8) is 0 Å². The lowest BCUT2D eigenvalue weighted by molar-refractivity contribution is -0.128. The number of aromatic nitrogens is 2. The van der Waals surface area contributed by atoms with E-state index in [0.717, 1.165) is 25.2 Å². The van der Waals surface area contributed by atoms with Gasteiger partial charge in [0.05, 0.1) is 11.1 Å². The average Bonchev–Trinajstić information content (AvgIpc) is 2.84. The van der Waals surface area contributed by atoms with Gasteiger partial charge in [-0.3, -0.25) is 14.5 Å². The Bertz CT molecular complexity index is 567. The first kappa shape index (κ1) is 23.7. The molecule has 1 aromatic rings. The highest BCUT2D eigenvalue weighted by Gasteiger charge is 2.27. The van der Waals surface area contributed by atoms with Crippen LogP contribution in [0, 0.1) is 19.3 Å². The van der Waals surface area contributed by atoms with E-state index >= 15 is 0 Å². The van der Waals surface area contributed by atoms with Crippen LogP contribution in [0.4, 0.5) is 0 Å². The van der Waals surface area contributed by atoms with Crippen molar-refractivity contribution >= 4 is 35.8 Å². The standard InChI is InChI=1S/C17H32N6O.HI/c1-7-19-15(24)17(4,5)12-21-16(18-6)20-9-8-10-23-14(3)11-13(2)22-23;/h11H,7-10,12H2,1-6H3,(H,19,24)(H2,18,20,21);1H. The van der Waals surface area contributed by atoms with Gasteiger partial charge in [-0.1, -0.05) is 0 Å². The van der Waals surface area contributed by atoms with Crippen LogP contribution in [0.2, 0.25) is 0 Å². The summed E-state index contributed by atoms with van der Waals surface area (Å²) in [5.74, 6) is 0.748. The van der Waals surface area contributed by atoms with Crippen molar-refractivity contribution in [2.75, 3.05) is 26.7 Å². The summed E-state index contributed by atoms with van der Waals surface area (Å²) >= 11 is 0. The quantitative estimate of drug-likeness (QED) is 0.237. The van der Waals surface area contributed by atoms with E-state index in [9.17, 15) is 4.79 Å². The molecule has 0 saturated carbocycles. The largest absolute Gasteiger partial charge is 0.356 e. The molecular weight excluding hydrogens is 431 g/mol. The predicted octanol–water partition coefficient (Wildman–Crippen LogP) is 1.84. The zero-order chi connectivity index (χ0) is 18.2. The Kier molecular flexibility index (Phi) is 10.7. The molecule has 144 valence electrons. The third kappa shape index (κ3) is 8.06. The Hall–Kier alpha value is -1.32. The van der Waals surface area contributed by atoms with E-state index in [1.165, 1.54) is 5.69 Å². The maximum absolute atomic E-state index is 12.0. The van der Waals surface area contributed by atoms with Crippen molar-refractivity contribution in [3.05, 3.63) is 17.5 Å². The zero-order valence-corrected chi connectivity index (χ0v) is 18.6. The first-order valence-electron chi connectivity index (χ1n) is 8.54. The Labute approximate surface area is 168 Å². The van der Waals surface area contributed by atoms with Gasteiger partial charge >= 0.3 is 0 Å². The van der Waals surface area contributed by atoms with Crippen LogP contribution in [0.15, 0.2) is 11.1 Å². The summed E-state index contributed by atoms with van der Waals surface area (Å²) in [6.07, 6.45) is 0.947. The van der Waals surface area contributed by atoms with E-state index in [1.807, 2.05) is 32.4 Å². The molecule has 0 fully saturated rings.